The summed E-state index contributed by atoms with van der Waals surface area (Å²) in [6.45, 7) is 0. The average Bonchev–Trinajstić information content (AvgIpc) is 3.88. The Labute approximate surface area is 290 Å². The van der Waals surface area contributed by atoms with Crippen LogP contribution in [0.25, 0.3) is 106 Å². The zero-order valence-corrected chi connectivity index (χ0v) is 27.1. The summed E-state index contributed by atoms with van der Waals surface area (Å²) in [5.74, 6) is 1.88. The first-order chi connectivity index (χ1) is 25.3. The van der Waals surface area contributed by atoms with Crippen molar-refractivity contribution in [3.8, 4) is 39.9 Å². The molecule has 0 radical (unpaired) electrons. The van der Waals surface area contributed by atoms with Gasteiger partial charge in [-0.05, 0) is 42.5 Å². The predicted molar refractivity (Wildman–Crippen MR) is 205 cm³/mol. The van der Waals surface area contributed by atoms with E-state index in [2.05, 4.69) is 77.4 Å². The van der Waals surface area contributed by atoms with Crippen molar-refractivity contribution < 1.29 is 8.83 Å². The summed E-state index contributed by atoms with van der Waals surface area (Å²) in [5.41, 5.74) is 9.19. The highest BCUT2D eigenvalue weighted by Crippen LogP contribution is 2.48. The van der Waals surface area contributed by atoms with Crippen molar-refractivity contribution in [3.05, 3.63) is 158 Å². The molecule has 0 aliphatic heterocycles. The minimum absolute atomic E-state index is 0.614. The summed E-state index contributed by atoms with van der Waals surface area (Å²) in [7, 11) is 0. The maximum atomic E-state index is 6.76. The van der Waals surface area contributed by atoms with E-state index < -0.39 is 0 Å². The number of para-hydroxylation sites is 3. The van der Waals surface area contributed by atoms with E-state index in [9.17, 15) is 0 Å². The highest BCUT2D eigenvalue weighted by Gasteiger charge is 2.26. The van der Waals surface area contributed by atoms with Crippen molar-refractivity contribution in [2.75, 3.05) is 0 Å². The predicted octanol–water partition coefficient (Wildman–Crippen LogP) is 11.8. The van der Waals surface area contributed by atoms with Gasteiger partial charge < -0.3 is 13.4 Å². The molecule has 4 heterocycles. The molecule has 51 heavy (non-hydrogen) atoms. The van der Waals surface area contributed by atoms with E-state index in [1.807, 2.05) is 84.9 Å². The van der Waals surface area contributed by atoms with Gasteiger partial charge in [-0.15, -0.1) is 0 Å². The second-order valence-corrected chi connectivity index (χ2v) is 12.8. The number of nitrogens with zero attached hydrogens (tertiary/aromatic N) is 4. The van der Waals surface area contributed by atoms with Gasteiger partial charge in [0, 0.05) is 49.3 Å². The van der Waals surface area contributed by atoms with Crippen LogP contribution < -0.4 is 0 Å². The molecule has 11 aromatic rings. The lowest BCUT2D eigenvalue weighted by molar-refractivity contribution is 0.664. The lowest BCUT2D eigenvalue weighted by Crippen LogP contribution is -2.00. The third-order valence-electron chi connectivity index (χ3n) is 9.84. The van der Waals surface area contributed by atoms with Crippen molar-refractivity contribution in [3.63, 3.8) is 0 Å². The third kappa shape index (κ3) is 4.14. The molecule has 6 heteroatoms. The minimum atomic E-state index is 0.614. The van der Waals surface area contributed by atoms with E-state index in [1.54, 1.807) is 0 Å². The topological polar surface area (TPSA) is 69.9 Å². The van der Waals surface area contributed by atoms with Crippen LogP contribution in [-0.2, 0) is 0 Å². The van der Waals surface area contributed by atoms with Crippen LogP contribution in [-0.4, -0.2) is 19.5 Å². The van der Waals surface area contributed by atoms with Crippen LogP contribution in [0.2, 0.25) is 0 Å². The van der Waals surface area contributed by atoms with Gasteiger partial charge in [-0.25, -0.2) is 15.0 Å². The fourth-order valence-electron chi connectivity index (χ4n) is 7.58. The Balaban J connectivity index is 1.18. The number of hydrogen-bond acceptors (Lipinski definition) is 5. The summed E-state index contributed by atoms with van der Waals surface area (Å²) in [6.07, 6.45) is 0. The smallest absolute Gasteiger partial charge is 0.164 e. The number of benzene rings is 7. The Bertz CT molecular complexity index is 3060. The van der Waals surface area contributed by atoms with Crippen LogP contribution in [0.15, 0.2) is 167 Å². The van der Waals surface area contributed by atoms with Gasteiger partial charge in [-0.3, -0.25) is 0 Å². The first kappa shape index (κ1) is 27.9. The fraction of sp³-hybridized carbons (Fsp3) is 0. The highest BCUT2D eigenvalue weighted by atomic mass is 16.3. The maximum absolute atomic E-state index is 6.76. The Morgan fingerprint density at radius 2 is 0.843 bits per heavy atom. The van der Waals surface area contributed by atoms with Crippen LogP contribution in [0, 0.1) is 0 Å². The SMILES string of the molecule is c1ccc(-c2nc(-c3ccccc3)nc(-c3ccc(-n4c5ccccc5c5c6c7ccccc7oc6c6c7ccccc7oc6c54)cc3)n2)cc1. The van der Waals surface area contributed by atoms with E-state index in [-0.39, 0.29) is 0 Å². The normalized spacial score (nSPS) is 11.9. The van der Waals surface area contributed by atoms with E-state index >= 15 is 0 Å². The number of fused-ring (bicyclic) bond motifs is 12. The summed E-state index contributed by atoms with van der Waals surface area (Å²) in [4.78, 5) is 14.8. The van der Waals surface area contributed by atoms with Crippen molar-refractivity contribution in [2.45, 2.75) is 0 Å². The molecular weight excluding hydrogens is 629 g/mol. The summed E-state index contributed by atoms with van der Waals surface area (Å²) in [5, 5.41) is 6.44. The van der Waals surface area contributed by atoms with Gasteiger partial charge in [0.1, 0.15) is 16.7 Å². The van der Waals surface area contributed by atoms with Gasteiger partial charge in [0.15, 0.2) is 23.1 Å². The Hall–Kier alpha value is -7.05. The fourth-order valence-corrected chi connectivity index (χ4v) is 7.58. The first-order valence-electron chi connectivity index (χ1n) is 17.0. The van der Waals surface area contributed by atoms with Crippen molar-refractivity contribution in [2.24, 2.45) is 0 Å². The van der Waals surface area contributed by atoms with Crippen LogP contribution in [0.4, 0.5) is 0 Å². The van der Waals surface area contributed by atoms with Gasteiger partial charge in [0.25, 0.3) is 0 Å². The van der Waals surface area contributed by atoms with Crippen molar-refractivity contribution in [1.82, 2.24) is 19.5 Å². The molecule has 0 saturated carbocycles. The second kappa shape index (κ2) is 10.7. The molecule has 0 bridgehead atoms. The lowest BCUT2D eigenvalue weighted by Gasteiger charge is -2.11. The van der Waals surface area contributed by atoms with Crippen LogP contribution >= 0.6 is 0 Å². The second-order valence-electron chi connectivity index (χ2n) is 12.8. The van der Waals surface area contributed by atoms with Gasteiger partial charge in [-0.2, -0.15) is 0 Å². The van der Waals surface area contributed by atoms with Gasteiger partial charge in [0.05, 0.1) is 16.4 Å². The van der Waals surface area contributed by atoms with Crippen LogP contribution in [0.1, 0.15) is 0 Å². The highest BCUT2D eigenvalue weighted by molar-refractivity contribution is 6.38. The molecular formula is C45H26N4O2. The molecule has 0 unspecified atom stereocenters. The Morgan fingerprint density at radius 1 is 0.373 bits per heavy atom. The molecule has 6 nitrogen and oxygen atoms in total. The number of rotatable bonds is 4. The molecule has 238 valence electrons. The van der Waals surface area contributed by atoms with E-state index in [4.69, 9.17) is 23.8 Å². The number of furan rings is 2. The zero-order valence-electron chi connectivity index (χ0n) is 27.1. The number of aromatic nitrogens is 4. The summed E-state index contributed by atoms with van der Waals surface area (Å²) in [6, 6.07) is 53.6. The van der Waals surface area contributed by atoms with Gasteiger partial charge in [-0.1, -0.05) is 115 Å². The minimum Gasteiger partial charge on any atom is -0.455 e. The van der Waals surface area contributed by atoms with Gasteiger partial charge >= 0.3 is 0 Å². The molecule has 7 aromatic carbocycles. The maximum Gasteiger partial charge on any atom is 0.164 e. The van der Waals surface area contributed by atoms with Crippen LogP contribution in [0.3, 0.4) is 0 Å². The van der Waals surface area contributed by atoms with Gasteiger partial charge in [0.2, 0.25) is 0 Å². The van der Waals surface area contributed by atoms with E-state index in [0.717, 1.165) is 88.1 Å². The Kier molecular flexibility index (Phi) is 5.86. The molecule has 0 aliphatic rings. The monoisotopic (exact) mass is 654 g/mol. The summed E-state index contributed by atoms with van der Waals surface area (Å²) >= 11 is 0. The standard InChI is InChI=1S/C45H26N4O2/c1-3-13-27(14-4-1)43-46-44(28-15-5-2-6-16-28)48-45(47-43)29-23-25-30(26-24-29)49-34-20-10-7-17-31(34)37-38-32-18-8-11-21-35(32)50-41(38)39-33-19-9-12-22-36(33)51-42(39)40(37)49/h1-26H. The molecule has 0 N–H and O–H groups in total. The molecule has 0 atom stereocenters. The largest absolute Gasteiger partial charge is 0.455 e. The zero-order chi connectivity index (χ0) is 33.5. The molecule has 0 saturated heterocycles. The Morgan fingerprint density at radius 3 is 1.45 bits per heavy atom. The van der Waals surface area contributed by atoms with Crippen molar-refractivity contribution >= 4 is 65.7 Å². The first-order valence-corrected chi connectivity index (χ1v) is 17.0. The van der Waals surface area contributed by atoms with Crippen LogP contribution in [0.5, 0.6) is 0 Å². The molecule has 0 amide bonds. The molecule has 0 fully saturated rings. The lowest BCUT2D eigenvalue weighted by atomic mass is 10.0. The molecule has 0 spiro atoms. The summed E-state index contributed by atoms with van der Waals surface area (Å²) < 4.78 is 15.7. The molecule has 0 aliphatic carbocycles. The van der Waals surface area contributed by atoms with E-state index in [0.29, 0.717) is 17.5 Å². The number of hydrogen-bond donors (Lipinski definition) is 0. The van der Waals surface area contributed by atoms with Crippen molar-refractivity contribution in [1.29, 1.82) is 0 Å². The third-order valence-corrected chi connectivity index (χ3v) is 9.84. The quantitative estimate of drug-likeness (QED) is 0.189. The average molecular weight is 655 g/mol. The molecule has 4 aromatic heterocycles. The van der Waals surface area contributed by atoms with E-state index in [1.165, 1.54) is 0 Å². The molecule has 11 rings (SSSR count).